The molecule has 0 N–H and O–H groups in total. The predicted molar refractivity (Wildman–Crippen MR) is 61.9 cm³/mol. The van der Waals surface area contributed by atoms with E-state index in [1.54, 1.807) is 12.8 Å². The van der Waals surface area contributed by atoms with Crippen molar-refractivity contribution in [3.05, 3.63) is 0 Å². The van der Waals surface area contributed by atoms with Gasteiger partial charge in [-0.25, -0.2) is 0 Å². The van der Waals surface area contributed by atoms with Crippen molar-refractivity contribution in [2.75, 3.05) is 0 Å². The standard InChI is InChI=1S/C9H16.2C2H6/c1-9(2)4-3-7-5-8(9)6-7;2*1-2/h7-8H,3-6H2,1-2H3;2*1-2H3. The van der Waals surface area contributed by atoms with Gasteiger partial charge >= 0.3 is 0 Å². The summed E-state index contributed by atoms with van der Waals surface area (Å²) in [6.45, 7) is 12.9. The Balaban J connectivity index is 0.000000322. The smallest absolute Gasteiger partial charge is 0.0326 e. The van der Waals surface area contributed by atoms with Crippen molar-refractivity contribution in [1.29, 1.82) is 0 Å². The van der Waals surface area contributed by atoms with Gasteiger partial charge in [0, 0.05) is 0 Å². The number of rotatable bonds is 0. The second-order valence-corrected chi connectivity index (χ2v) is 4.56. The topological polar surface area (TPSA) is 0 Å². The Morgan fingerprint density at radius 2 is 1.38 bits per heavy atom. The second-order valence-electron chi connectivity index (χ2n) is 4.56. The minimum Gasteiger partial charge on any atom is -0.0683 e. The van der Waals surface area contributed by atoms with Crippen LogP contribution in [0.4, 0.5) is 0 Å². The lowest BCUT2D eigenvalue weighted by Crippen LogP contribution is -2.41. The van der Waals surface area contributed by atoms with E-state index in [0.717, 1.165) is 11.8 Å². The normalized spacial score (nSPS) is 32.8. The SMILES string of the molecule is CC.CC.CC1(C)CCC2CC1C2. The summed E-state index contributed by atoms with van der Waals surface area (Å²) in [5, 5.41) is 0. The quantitative estimate of drug-likeness (QED) is 0.503. The Morgan fingerprint density at radius 3 is 1.54 bits per heavy atom. The molecule has 0 radical (unpaired) electrons. The molecule has 0 spiro atoms. The van der Waals surface area contributed by atoms with E-state index in [0.29, 0.717) is 5.41 Å². The van der Waals surface area contributed by atoms with E-state index in [1.807, 2.05) is 27.7 Å². The summed E-state index contributed by atoms with van der Waals surface area (Å²) in [4.78, 5) is 0. The molecule has 13 heavy (non-hydrogen) atoms. The molecule has 3 aliphatic carbocycles. The van der Waals surface area contributed by atoms with Crippen molar-refractivity contribution < 1.29 is 0 Å². The molecule has 3 saturated carbocycles. The Labute approximate surface area is 85.1 Å². The first-order valence-electron chi connectivity index (χ1n) is 6.18. The van der Waals surface area contributed by atoms with E-state index in [9.17, 15) is 0 Å². The molecule has 3 aliphatic rings. The molecule has 0 saturated heterocycles. The maximum Gasteiger partial charge on any atom is -0.0326 e. The van der Waals surface area contributed by atoms with Crippen LogP contribution in [0.25, 0.3) is 0 Å². The highest BCUT2D eigenvalue weighted by molar-refractivity contribution is 4.94. The molecule has 0 aromatic heterocycles. The van der Waals surface area contributed by atoms with Gasteiger partial charge in [-0.3, -0.25) is 0 Å². The summed E-state index contributed by atoms with van der Waals surface area (Å²) in [5.41, 5.74) is 0.703. The van der Waals surface area contributed by atoms with Crippen LogP contribution in [-0.2, 0) is 0 Å². The summed E-state index contributed by atoms with van der Waals surface area (Å²) in [7, 11) is 0. The highest BCUT2D eigenvalue weighted by Gasteiger charge is 2.44. The van der Waals surface area contributed by atoms with Crippen LogP contribution in [0, 0.1) is 17.3 Å². The molecule has 0 aromatic rings. The van der Waals surface area contributed by atoms with Crippen LogP contribution in [0.15, 0.2) is 0 Å². The Bertz CT molecular complexity index is 115. The summed E-state index contributed by atoms with van der Waals surface area (Å²) >= 11 is 0. The fourth-order valence-electron chi connectivity index (χ4n) is 2.39. The van der Waals surface area contributed by atoms with E-state index in [1.165, 1.54) is 12.8 Å². The maximum absolute atomic E-state index is 2.44. The van der Waals surface area contributed by atoms with Crippen molar-refractivity contribution in [2.45, 2.75) is 67.2 Å². The van der Waals surface area contributed by atoms with Crippen molar-refractivity contribution in [2.24, 2.45) is 17.3 Å². The molecule has 0 nitrogen and oxygen atoms in total. The van der Waals surface area contributed by atoms with E-state index in [2.05, 4.69) is 13.8 Å². The zero-order valence-corrected chi connectivity index (χ0v) is 10.5. The summed E-state index contributed by atoms with van der Waals surface area (Å²) in [6.07, 6.45) is 6.10. The Hall–Kier alpha value is 0. The molecule has 0 aromatic carbocycles. The van der Waals surface area contributed by atoms with Crippen molar-refractivity contribution in [3.8, 4) is 0 Å². The molecule has 0 heterocycles. The molecule has 0 aliphatic heterocycles. The van der Waals surface area contributed by atoms with Gasteiger partial charge in [0.25, 0.3) is 0 Å². The van der Waals surface area contributed by atoms with Crippen LogP contribution >= 0.6 is 0 Å². The van der Waals surface area contributed by atoms with Gasteiger partial charge in [-0.2, -0.15) is 0 Å². The highest BCUT2D eigenvalue weighted by atomic mass is 14.5. The molecule has 0 unspecified atom stereocenters. The van der Waals surface area contributed by atoms with E-state index in [4.69, 9.17) is 0 Å². The average molecular weight is 184 g/mol. The molecule has 3 rings (SSSR count). The van der Waals surface area contributed by atoms with Crippen LogP contribution in [0.5, 0.6) is 0 Å². The lowest BCUT2D eigenvalue weighted by Gasteiger charge is -2.52. The number of hydrogen-bond donors (Lipinski definition) is 0. The third kappa shape index (κ3) is 3.00. The van der Waals surface area contributed by atoms with Gasteiger partial charge in [-0.15, -0.1) is 0 Å². The lowest BCUT2D eigenvalue weighted by atomic mass is 9.54. The molecule has 80 valence electrons. The minimum atomic E-state index is 0.703. The van der Waals surface area contributed by atoms with Crippen LogP contribution in [0.2, 0.25) is 0 Å². The highest BCUT2D eigenvalue weighted by Crippen LogP contribution is 2.55. The summed E-state index contributed by atoms with van der Waals surface area (Å²) < 4.78 is 0. The number of hydrogen-bond acceptors (Lipinski definition) is 0. The van der Waals surface area contributed by atoms with Gasteiger partial charge in [0.05, 0.1) is 0 Å². The Kier molecular flexibility index (Phi) is 5.67. The maximum atomic E-state index is 2.44. The minimum absolute atomic E-state index is 0.703. The summed E-state index contributed by atoms with van der Waals surface area (Å²) in [5.74, 6) is 2.24. The first-order valence-corrected chi connectivity index (χ1v) is 6.18. The van der Waals surface area contributed by atoms with Gasteiger partial charge in [0.1, 0.15) is 0 Å². The lowest BCUT2D eigenvalue weighted by molar-refractivity contribution is -0.00920. The fraction of sp³-hybridized carbons (Fsp3) is 1.00. The molecular formula is C13H28. The van der Waals surface area contributed by atoms with Gasteiger partial charge < -0.3 is 0 Å². The van der Waals surface area contributed by atoms with Crippen LogP contribution < -0.4 is 0 Å². The van der Waals surface area contributed by atoms with Crippen molar-refractivity contribution in [1.82, 2.24) is 0 Å². The molecule has 2 bridgehead atoms. The van der Waals surface area contributed by atoms with E-state index < -0.39 is 0 Å². The van der Waals surface area contributed by atoms with E-state index >= 15 is 0 Å². The predicted octanol–water partition coefficient (Wildman–Crippen LogP) is 4.89. The zero-order chi connectivity index (χ0) is 10.5. The third-order valence-electron chi connectivity index (χ3n) is 3.54. The van der Waals surface area contributed by atoms with Crippen molar-refractivity contribution in [3.63, 3.8) is 0 Å². The second kappa shape index (κ2) is 5.67. The molecule has 0 amide bonds. The van der Waals surface area contributed by atoms with Gasteiger partial charge in [-0.1, -0.05) is 41.5 Å². The van der Waals surface area contributed by atoms with Crippen molar-refractivity contribution >= 4 is 0 Å². The fourth-order valence-corrected chi connectivity index (χ4v) is 2.39. The zero-order valence-electron chi connectivity index (χ0n) is 10.5. The van der Waals surface area contributed by atoms with Crippen LogP contribution in [-0.4, -0.2) is 0 Å². The molecule has 0 atom stereocenters. The van der Waals surface area contributed by atoms with Crippen LogP contribution in [0.1, 0.15) is 67.2 Å². The third-order valence-corrected chi connectivity index (χ3v) is 3.54. The van der Waals surface area contributed by atoms with Gasteiger partial charge in [-0.05, 0) is 42.9 Å². The first kappa shape index (κ1) is 13.0. The summed E-state index contributed by atoms with van der Waals surface area (Å²) in [6, 6.07) is 0. The molecular weight excluding hydrogens is 156 g/mol. The van der Waals surface area contributed by atoms with Crippen LogP contribution in [0.3, 0.4) is 0 Å². The molecule has 3 fully saturated rings. The van der Waals surface area contributed by atoms with E-state index in [-0.39, 0.29) is 0 Å². The van der Waals surface area contributed by atoms with Gasteiger partial charge in [0.15, 0.2) is 0 Å². The first-order chi connectivity index (χ1) is 6.18. The van der Waals surface area contributed by atoms with Gasteiger partial charge in [0.2, 0.25) is 0 Å². The Morgan fingerprint density at radius 1 is 0.923 bits per heavy atom. The monoisotopic (exact) mass is 184 g/mol. The number of fused-ring (bicyclic) bond motifs is 2. The molecule has 0 heteroatoms. The largest absolute Gasteiger partial charge is 0.0683 e. The average Bonchev–Trinajstić information content (AvgIpc) is 2.08.